The fraction of sp³-hybridized carbons (Fsp3) is 0.452. The Morgan fingerprint density at radius 2 is 1.64 bits per heavy atom. The third-order valence-corrected chi connectivity index (χ3v) is 9.05. The summed E-state index contributed by atoms with van der Waals surface area (Å²) in [6.45, 7) is 8.92. The first-order valence-electron chi connectivity index (χ1n) is 14.2. The molecule has 0 radical (unpaired) electrons. The van der Waals surface area contributed by atoms with Gasteiger partial charge in [-0.2, -0.15) is 5.26 Å². The van der Waals surface area contributed by atoms with Gasteiger partial charge in [-0.1, -0.05) is 32.0 Å². The van der Waals surface area contributed by atoms with Gasteiger partial charge >= 0.3 is 0 Å². The molecule has 2 heterocycles. The molecule has 0 spiro atoms. The van der Waals surface area contributed by atoms with Crippen molar-refractivity contribution >= 4 is 32.1 Å². The van der Waals surface area contributed by atoms with Gasteiger partial charge in [0.25, 0.3) is 10.0 Å². The van der Waals surface area contributed by atoms with E-state index in [1.807, 2.05) is 18.2 Å². The van der Waals surface area contributed by atoms with Gasteiger partial charge in [-0.05, 0) is 67.8 Å². The number of nitriles is 1. The van der Waals surface area contributed by atoms with Crippen molar-refractivity contribution in [1.29, 1.82) is 5.26 Å². The molecule has 0 amide bonds. The van der Waals surface area contributed by atoms with Crippen LogP contribution in [0.2, 0.25) is 0 Å². The monoisotopic (exact) mass is 597 g/mol. The molecule has 10 nitrogen and oxygen atoms in total. The van der Waals surface area contributed by atoms with Crippen LogP contribution in [0.5, 0.6) is 0 Å². The van der Waals surface area contributed by atoms with Gasteiger partial charge in [0, 0.05) is 36.5 Å². The summed E-state index contributed by atoms with van der Waals surface area (Å²) in [6.07, 6.45) is -4.10. The van der Waals surface area contributed by atoms with Crippen molar-refractivity contribution in [2.75, 3.05) is 24.5 Å². The molecule has 11 heteroatoms. The number of anilines is 1. The van der Waals surface area contributed by atoms with Gasteiger partial charge in [-0.15, -0.1) is 0 Å². The SMILES string of the molecule is CCCN(CCC)c1ccc2cc(-c3ccc(/C(C)=C(\C#N)S(=O)(=O)NC[C@H]4OC(C)[C@H](O)[C@@H](O)[C@@H]4O)o3)ccc2c1. The molecule has 1 aliphatic heterocycles. The maximum atomic E-state index is 13.0. The predicted molar refractivity (Wildman–Crippen MR) is 162 cm³/mol. The standard InChI is InChI=1S/C31H39N3O7S/c1-5-13-34(14-6-2)24-10-9-21-15-23(8-7-22(21)16-24)26-12-11-25(41-26)19(3)28(17-32)42(38,39)33-18-27-30(36)31(37)29(35)20(4)40-27/h7-12,15-16,20,27,29-31,33,35-37H,5-6,13-14,18H2,1-4H3/b28-19+/t20?,27-,29+,30-,31-/m1/s1. The van der Waals surface area contributed by atoms with Crippen LogP contribution in [0.3, 0.4) is 0 Å². The number of hydrogen-bond donors (Lipinski definition) is 4. The maximum absolute atomic E-state index is 13.0. The summed E-state index contributed by atoms with van der Waals surface area (Å²) in [5.41, 5.74) is 2.11. The smallest absolute Gasteiger partial charge is 0.251 e. The van der Waals surface area contributed by atoms with E-state index in [0.717, 1.165) is 42.3 Å². The summed E-state index contributed by atoms with van der Waals surface area (Å²) in [5.74, 6) is 0.745. The Labute approximate surface area is 246 Å². The quantitative estimate of drug-likeness (QED) is 0.242. The second kappa shape index (κ2) is 13.4. The Balaban J connectivity index is 1.54. The second-order valence-corrected chi connectivity index (χ2v) is 12.4. The Morgan fingerprint density at radius 1 is 0.976 bits per heavy atom. The first kappa shape index (κ1) is 31.7. The van der Waals surface area contributed by atoms with Crippen LogP contribution in [-0.4, -0.2) is 73.9 Å². The molecule has 1 unspecified atom stereocenters. The Bertz CT molecular complexity index is 1570. The molecule has 4 N–H and O–H groups in total. The summed E-state index contributed by atoms with van der Waals surface area (Å²) in [6, 6.07) is 17.5. The lowest BCUT2D eigenvalue weighted by Gasteiger charge is -2.39. The number of nitrogens with zero attached hydrogens (tertiary/aromatic N) is 2. The molecule has 0 aliphatic carbocycles. The molecule has 0 saturated carbocycles. The summed E-state index contributed by atoms with van der Waals surface area (Å²) in [7, 11) is -4.33. The van der Waals surface area contributed by atoms with Crippen molar-refractivity contribution in [3.8, 4) is 17.4 Å². The van der Waals surface area contributed by atoms with Crippen molar-refractivity contribution in [3.05, 3.63) is 59.2 Å². The van der Waals surface area contributed by atoms with E-state index in [9.17, 15) is 29.0 Å². The summed E-state index contributed by atoms with van der Waals surface area (Å²) in [4.78, 5) is 1.84. The van der Waals surface area contributed by atoms with E-state index in [1.165, 1.54) is 19.5 Å². The van der Waals surface area contributed by atoms with E-state index in [0.29, 0.717) is 5.76 Å². The highest BCUT2D eigenvalue weighted by Crippen LogP contribution is 2.32. The van der Waals surface area contributed by atoms with E-state index >= 15 is 0 Å². The molecule has 4 rings (SSSR count). The molecule has 1 aliphatic rings. The average Bonchev–Trinajstić information content (AvgIpc) is 3.47. The first-order valence-corrected chi connectivity index (χ1v) is 15.7. The third kappa shape index (κ3) is 6.70. The number of aliphatic hydroxyl groups is 3. The maximum Gasteiger partial charge on any atom is 0.251 e. The molecule has 3 aromatic rings. The molecule has 1 saturated heterocycles. The number of allylic oxidation sites excluding steroid dienone is 2. The summed E-state index contributed by atoms with van der Waals surface area (Å²) >= 11 is 0. The first-order chi connectivity index (χ1) is 20.0. The lowest BCUT2D eigenvalue weighted by molar-refractivity contribution is -0.214. The summed E-state index contributed by atoms with van der Waals surface area (Å²) in [5, 5.41) is 41.9. The third-order valence-electron chi connectivity index (χ3n) is 7.57. The van der Waals surface area contributed by atoms with Crippen LogP contribution in [0.1, 0.15) is 46.3 Å². The Hall–Kier alpha value is -3.24. The van der Waals surface area contributed by atoms with E-state index < -0.39 is 52.0 Å². The highest BCUT2D eigenvalue weighted by atomic mass is 32.2. The van der Waals surface area contributed by atoms with Crippen LogP contribution in [0.4, 0.5) is 5.69 Å². The van der Waals surface area contributed by atoms with Crippen LogP contribution in [0.15, 0.2) is 57.9 Å². The topological polar surface area (TPSA) is 156 Å². The Morgan fingerprint density at radius 3 is 2.31 bits per heavy atom. The van der Waals surface area contributed by atoms with Gasteiger partial charge in [0.15, 0.2) is 4.91 Å². The number of hydrogen-bond acceptors (Lipinski definition) is 9. The van der Waals surface area contributed by atoms with Crippen LogP contribution >= 0.6 is 0 Å². The fourth-order valence-corrected chi connectivity index (χ4v) is 6.37. The zero-order chi connectivity index (χ0) is 30.6. The molecule has 1 fully saturated rings. The molecule has 0 bridgehead atoms. The molecule has 226 valence electrons. The van der Waals surface area contributed by atoms with E-state index in [-0.39, 0.29) is 11.3 Å². The number of sulfonamides is 1. The largest absolute Gasteiger partial charge is 0.456 e. The number of aliphatic hydroxyl groups excluding tert-OH is 3. The van der Waals surface area contributed by atoms with Gasteiger partial charge < -0.3 is 29.4 Å². The minimum absolute atomic E-state index is 0.113. The van der Waals surface area contributed by atoms with Crippen LogP contribution < -0.4 is 9.62 Å². The van der Waals surface area contributed by atoms with E-state index in [2.05, 4.69) is 41.7 Å². The van der Waals surface area contributed by atoms with E-state index in [1.54, 1.807) is 18.2 Å². The van der Waals surface area contributed by atoms with Crippen molar-refractivity contribution in [2.24, 2.45) is 0 Å². The van der Waals surface area contributed by atoms with Crippen molar-refractivity contribution in [3.63, 3.8) is 0 Å². The second-order valence-electron chi connectivity index (χ2n) is 10.7. The number of ether oxygens (including phenoxy) is 1. The molecule has 42 heavy (non-hydrogen) atoms. The van der Waals surface area contributed by atoms with Gasteiger partial charge in [0.1, 0.15) is 42.0 Å². The van der Waals surface area contributed by atoms with Gasteiger partial charge in [0.2, 0.25) is 0 Å². The number of fused-ring (bicyclic) bond motifs is 1. The molecular formula is C31H39N3O7S. The number of benzene rings is 2. The number of rotatable bonds is 11. The minimum atomic E-state index is -4.33. The van der Waals surface area contributed by atoms with E-state index in [4.69, 9.17) is 9.15 Å². The van der Waals surface area contributed by atoms with Crippen LogP contribution in [0, 0.1) is 11.3 Å². The molecule has 5 atom stereocenters. The van der Waals surface area contributed by atoms with Gasteiger partial charge in [-0.3, -0.25) is 0 Å². The van der Waals surface area contributed by atoms with Crippen molar-refractivity contribution in [2.45, 2.75) is 71.1 Å². The zero-order valence-corrected chi connectivity index (χ0v) is 25.1. The van der Waals surface area contributed by atoms with Gasteiger partial charge in [-0.25, -0.2) is 13.1 Å². The predicted octanol–water partition coefficient (Wildman–Crippen LogP) is 3.77. The van der Waals surface area contributed by atoms with Crippen LogP contribution in [0.25, 0.3) is 27.7 Å². The lowest BCUT2D eigenvalue weighted by Crippen LogP contribution is -2.59. The lowest BCUT2D eigenvalue weighted by atomic mass is 9.96. The molecule has 1 aromatic heterocycles. The summed E-state index contributed by atoms with van der Waals surface area (Å²) < 4.78 is 39.8. The zero-order valence-electron chi connectivity index (χ0n) is 24.3. The molecule has 2 aromatic carbocycles. The van der Waals surface area contributed by atoms with Crippen LogP contribution in [-0.2, 0) is 14.8 Å². The van der Waals surface area contributed by atoms with Crippen molar-refractivity contribution in [1.82, 2.24) is 4.72 Å². The number of nitrogens with one attached hydrogen (secondary N) is 1. The highest BCUT2D eigenvalue weighted by molar-refractivity contribution is 7.93. The van der Waals surface area contributed by atoms with Gasteiger partial charge in [0.05, 0.1) is 6.10 Å². The minimum Gasteiger partial charge on any atom is -0.456 e. The normalized spacial score (nSPS) is 23.4. The highest BCUT2D eigenvalue weighted by Gasteiger charge is 2.42. The number of furan rings is 1. The fourth-order valence-electron chi connectivity index (χ4n) is 5.21. The molecular weight excluding hydrogens is 558 g/mol. The average molecular weight is 598 g/mol. The van der Waals surface area contributed by atoms with Crippen molar-refractivity contribution < 1.29 is 32.9 Å². The Kier molecular flexibility index (Phi) is 10.1.